The normalized spacial score (nSPS) is 11.9. The second-order valence-electron chi connectivity index (χ2n) is 10.5. The molecule has 6 aromatic carbocycles. The molecule has 0 fully saturated rings. The Morgan fingerprint density at radius 2 is 1.17 bits per heavy atom. The summed E-state index contributed by atoms with van der Waals surface area (Å²) in [4.78, 5) is 0. The highest BCUT2D eigenvalue weighted by Gasteiger charge is 2.21. The van der Waals surface area contributed by atoms with Crippen LogP contribution in [-0.4, -0.2) is 4.57 Å². The molecule has 0 aliphatic carbocycles. The second-order valence-corrected chi connectivity index (χ2v) is 11.6. The summed E-state index contributed by atoms with van der Waals surface area (Å²) in [6, 6.07) is 49.9. The van der Waals surface area contributed by atoms with Gasteiger partial charge in [0, 0.05) is 31.2 Å². The number of thiophene rings is 1. The first kappa shape index (κ1) is 22.7. The third kappa shape index (κ3) is 3.30. The summed E-state index contributed by atoms with van der Waals surface area (Å²) in [7, 11) is 0. The summed E-state index contributed by atoms with van der Waals surface area (Å²) in [5.41, 5.74) is 10.1. The number of nitrogens with zero attached hydrogens (tertiary/aromatic N) is 1. The molecular formula is C38H23NOS. The van der Waals surface area contributed by atoms with E-state index in [9.17, 15) is 0 Å². The number of aromatic nitrogens is 1. The Hall–Kier alpha value is -5.12. The van der Waals surface area contributed by atoms with Crippen molar-refractivity contribution in [3.8, 4) is 27.9 Å². The molecule has 0 saturated heterocycles. The SMILES string of the molecule is c1ccc(-n2c3ccccc3c3oc4cccc(-c5ccc(-c6cccc7c6sc6ccccc67)cc5)c4c32)cc1. The third-order valence-electron chi connectivity index (χ3n) is 8.23. The standard InChI is InChI=1S/C38H23NOS/c1-2-10-26(11-3-1)39-32-17-6-4-13-31(32)37-36(39)35-27(14-9-18-33(35)40-37)24-20-22-25(23-21-24)28-15-8-16-30-29-12-5-7-19-34(29)41-38(28)30/h1-23H. The molecule has 0 amide bonds. The highest BCUT2D eigenvalue weighted by Crippen LogP contribution is 2.44. The van der Waals surface area contributed by atoms with E-state index in [2.05, 4.69) is 144 Å². The number of rotatable bonds is 3. The van der Waals surface area contributed by atoms with Crippen molar-refractivity contribution in [2.45, 2.75) is 0 Å². The number of benzene rings is 6. The van der Waals surface area contributed by atoms with Gasteiger partial charge in [-0.3, -0.25) is 0 Å². The average Bonchev–Trinajstić information content (AvgIpc) is 3.70. The molecule has 0 aliphatic heterocycles. The lowest BCUT2D eigenvalue weighted by Crippen LogP contribution is -1.93. The van der Waals surface area contributed by atoms with Crippen molar-refractivity contribution in [3.05, 3.63) is 140 Å². The zero-order chi connectivity index (χ0) is 26.9. The number of fused-ring (bicyclic) bond motifs is 8. The summed E-state index contributed by atoms with van der Waals surface area (Å²) in [6.07, 6.45) is 0. The predicted octanol–water partition coefficient (Wildman–Crippen LogP) is 11.2. The number of hydrogen-bond acceptors (Lipinski definition) is 2. The lowest BCUT2D eigenvalue weighted by atomic mass is 9.97. The lowest BCUT2D eigenvalue weighted by molar-refractivity contribution is 0.673. The Morgan fingerprint density at radius 1 is 0.512 bits per heavy atom. The third-order valence-corrected chi connectivity index (χ3v) is 9.45. The van der Waals surface area contributed by atoms with E-state index in [0.717, 1.165) is 38.7 Å². The number of hydrogen-bond donors (Lipinski definition) is 0. The minimum Gasteiger partial charge on any atom is -0.454 e. The Bertz CT molecular complexity index is 2410. The summed E-state index contributed by atoms with van der Waals surface area (Å²) < 4.78 is 11.6. The Balaban J connectivity index is 1.26. The van der Waals surface area contributed by atoms with Crippen LogP contribution < -0.4 is 0 Å². The van der Waals surface area contributed by atoms with Gasteiger partial charge in [-0.05, 0) is 58.7 Å². The molecule has 41 heavy (non-hydrogen) atoms. The van der Waals surface area contributed by atoms with E-state index in [1.807, 2.05) is 11.3 Å². The van der Waals surface area contributed by atoms with Gasteiger partial charge < -0.3 is 8.98 Å². The van der Waals surface area contributed by atoms with E-state index < -0.39 is 0 Å². The molecule has 0 saturated carbocycles. The van der Waals surface area contributed by atoms with Gasteiger partial charge >= 0.3 is 0 Å². The predicted molar refractivity (Wildman–Crippen MR) is 174 cm³/mol. The van der Waals surface area contributed by atoms with Crippen molar-refractivity contribution < 1.29 is 4.42 Å². The maximum absolute atomic E-state index is 6.58. The van der Waals surface area contributed by atoms with Crippen LogP contribution in [0.5, 0.6) is 0 Å². The van der Waals surface area contributed by atoms with Gasteiger partial charge in [0.25, 0.3) is 0 Å². The Labute approximate surface area is 240 Å². The van der Waals surface area contributed by atoms with Crippen molar-refractivity contribution in [1.29, 1.82) is 0 Å². The van der Waals surface area contributed by atoms with Crippen LogP contribution in [0.4, 0.5) is 0 Å². The van der Waals surface area contributed by atoms with Gasteiger partial charge in [0.05, 0.1) is 10.9 Å². The molecule has 3 heteroatoms. The number of para-hydroxylation sites is 2. The smallest absolute Gasteiger partial charge is 0.161 e. The molecule has 9 aromatic rings. The van der Waals surface area contributed by atoms with E-state index in [-0.39, 0.29) is 0 Å². The first-order valence-corrected chi connectivity index (χ1v) is 14.7. The number of furan rings is 1. The summed E-state index contributed by atoms with van der Waals surface area (Å²) >= 11 is 1.87. The topological polar surface area (TPSA) is 18.1 Å². The molecule has 192 valence electrons. The molecule has 0 bridgehead atoms. The highest BCUT2D eigenvalue weighted by molar-refractivity contribution is 7.26. The molecule has 3 aromatic heterocycles. The largest absolute Gasteiger partial charge is 0.454 e. The summed E-state index contributed by atoms with van der Waals surface area (Å²) in [5.74, 6) is 0. The zero-order valence-corrected chi connectivity index (χ0v) is 22.9. The lowest BCUT2D eigenvalue weighted by Gasteiger charge is -2.10. The van der Waals surface area contributed by atoms with Gasteiger partial charge in [0.15, 0.2) is 5.58 Å². The van der Waals surface area contributed by atoms with Gasteiger partial charge in [-0.1, -0.05) is 103 Å². The van der Waals surface area contributed by atoms with Gasteiger partial charge in [-0.15, -0.1) is 11.3 Å². The Morgan fingerprint density at radius 3 is 2.02 bits per heavy atom. The van der Waals surface area contributed by atoms with Gasteiger partial charge in [0.2, 0.25) is 0 Å². The van der Waals surface area contributed by atoms with Crippen molar-refractivity contribution in [1.82, 2.24) is 4.57 Å². The minimum atomic E-state index is 0.905. The van der Waals surface area contributed by atoms with Crippen LogP contribution in [0.25, 0.3) is 81.1 Å². The quantitative estimate of drug-likeness (QED) is 0.217. The van der Waals surface area contributed by atoms with Gasteiger partial charge in [-0.2, -0.15) is 0 Å². The van der Waals surface area contributed by atoms with Crippen molar-refractivity contribution >= 4 is 64.5 Å². The van der Waals surface area contributed by atoms with E-state index in [1.165, 1.54) is 42.4 Å². The van der Waals surface area contributed by atoms with Crippen LogP contribution in [0, 0.1) is 0 Å². The van der Waals surface area contributed by atoms with Crippen molar-refractivity contribution in [3.63, 3.8) is 0 Å². The Kier molecular flexibility index (Phi) is 4.80. The fourth-order valence-electron chi connectivity index (χ4n) is 6.40. The molecular weight excluding hydrogens is 518 g/mol. The summed E-state index contributed by atoms with van der Waals surface area (Å²) in [6.45, 7) is 0. The first-order valence-electron chi connectivity index (χ1n) is 13.9. The van der Waals surface area contributed by atoms with E-state index in [0.29, 0.717) is 0 Å². The molecule has 0 unspecified atom stereocenters. The van der Waals surface area contributed by atoms with Crippen molar-refractivity contribution in [2.24, 2.45) is 0 Å². The zero-order valence-electron chi connectivity index (χ0n) is 22.0. The van der Waals surface area contributed by atoms with Crippen LogP contribution in [0.2, 0.25) is 0 Å². The maximum atomic E-state index is 6.58. The fraction of sp³-hybridized carbons (Fsp3) is 0. The van der Waals surface area contributed by atoms with Gasteiger partial charge in [-0.25, -0.2) is 0 Å². The average molecular weight is 542 g/mol. The van der Waals surface area contributed by atoms with Crippen molar-refractivity contribution in [2.75, 3.05) is 0 Å². The molecule has 0 spiro atoms. The van der Waals surface area contributed by atoms with Gasteiger partial charge in [0.1, 0.15) is 11.1 Å². The summed E-state index contributed by atoms with van der Waals surface area (Å²) in [5, 5.41) is 4.92. The minimum absolute atomic E-state index is 0.905. The molecule has 0 radical (unpaired) electrons. The van der Waals surface area contributed by atoms with Crippen LogP contribution in [0.3, 0.4) is 0 Å². The molecule has 9 rings (SSSR count). The van der Waals surface area contributed by atoms with Crippen LogP contribution in [0.15, 0.2) is 144 Å². The highest BCUT2D eigenvalue weighted by atomic mass is 32.1. The van der Waals surface area contributed by atoms with Crippen LogP contribution >= 0.6 is 11.3 Å². The van der Waals surface area contributed by atoms with Crippen LogP contribution in [0.1, 0.15) is 0 Å². The molecule has 3 heterocycles. The first-order chi connectivity index (χ1) is 20.3. The second kappa shape index (κ2) is 8.69. The molecule has 2 nitrogen and oxygen atoms in total. The van der Waals surface area contributed by atoms with E-state index in [4.69, 9.17) is 4.42 Å². The van der Waals surface area contributed by atoms with Crippen LogP contribution in [-0.2, 0) is 0 Å². The maximum Gasteiger partial charge on any atom is 0.161 e. The monoisotopic (exact) mass is 541 g/mol. The fourth-order valence-corrected chi connectivity index (χ4v) is 7.64. The van der Waals surface area contributed by atoms with E-state index in [1.54, 1.807) is 0 Å². The molecule has 0 aliphatic rings. The molecule has 0 atom stereocenters. The van der Waals surface area contributed by atoms with E-state index >= 15 is 0 Å². The molecule has 0 N–H and O–H groups in total.